The third-order valence-electron chi connectivity index (χ3n) is 2.50. The number of carbonyl (C=O) groups excluding carboxylic acids is 2. The van der Waals surface area contributed by atoms with Crippen LogP contribution in [0, 0.1) is 6.92 Å². The average molecular weight is 312 g/mol. The Bertz CT molecular complexity index is 478. The van der Waals surface area contributed by atoms with Crippen molar-refractivity contribution in [2.75, 3.05) is 6.54 Å². The van der Waals surface area contributed by atoms with E-state index in [1.807, 2.05) is 39.8 Å². The molecule has 1 heterocycles. The van der Waals surface area contributed by atoms with Gasteiger partial charge in [0, 0.05) is 22.7 Å². The molecule has 21 heavy (non-hydrogen) atoms. The van der Waals surface area contributed by atoms with Crippen LogP contribution in [0.25, 0.3) is 0 Å². The summed E-state index contributed by atoms with van der Waals surface area (Å²) in [4.78, 5) is 25.4. The molecule has 6 heteroatoms. The van der Waals surface area contributed by atoms with Gasteiger partial charge < -0.3 is 15.4 Å². The van der Waals surface area contributed by atoms with E-state index in [0.717, 1.165) is 4.88 Å². The van der Waals surface area contributed by atoms with Gasteiger partial charge in [0.15, 0.2) is 0 Å². The van der Waals surface area contributed by atoms with E-state index in [-0.39, 0.29) is 5.91 Å². The molecule has 0 spiro atoms. The highest BCUT2D eigenvalue weighted by Gasteiger charge is 2.15. The maximum absolute atomic E-state index is 11.6. The molecule has 0 fully saturated rings. The lowest BCUT2D eigenvalue weighted by atomic mass is 10.2. The fraction of sp³-hybridized carbons (Fsp3) is 0.600. The fourth-order valence-corrected chi connectivity index (χ4v) is 2.44. The molecule has 1 aromatic heterocycles. The van der Waals surface area contributed by atoms with Gasteiger partial charge in [-0.15, -0.1) is 11.3 Å². The third-order valence-corrected chi connectivity index (χ3v) is 3.51. The number of aryl methyl sites for hydroxylation is 1. The highest BCUT2D eigenvalue weighted by Crippen LogP contribution is 2.14. The van der Waals surface area contributed by atoms with Crippen molar-refractivity contribution < 1.29 is 14.3 Å². The smallest absolute Gasteiger partial charge is 0.407 e. The Kier molecular flexibility index (Phi) is 6.68. The second-order valence-electron chi connectivity index (χ2n) is 5.82. The molecule has 0 bridgehead atoms. The molecule has 0 aliphatic heterocycles. The monoisotopic (exact) mass is 312 g/mol. The molecule has 0 radical (unpaired) electrons. The summed E-state index contributed by atoms with van der Waals surface area (Å²) in [5.74, 6) is -0.00737. The van der Waals surface area contributed by atoms with Crippen LogP contribution in [0.15, 0.2) is 12.1 Å². The first-order chi connectivity index (χ1) is 9.76. The van der Waals surface area contributed by atoms with Crippen LogP contribution in [0.1, 0.15) is 43.4 Å². The van der Waals surface area contributed by atoms with Crippen molar-refractivity contribution in [3.05, 3.63) is 21.9 Å². The Morgan fingerprint density at radius 3 is 2.52 bits per heavy atom. The lowest BCUT2D eigenvalue weighted by molar-refractivity contribution is -0.121. The Balaban J connectivity index is 2.09. The van der Waals surface area contributed by atoms with Crippen molar-refractivity contribution in [3.8, 4) is 0 Å². The molecule has 0 saturated carbocycles. The van der Waals surface area contributed by atoms with Crippen molar-refractivity contribution in [1.82, 2.24) is 10.6 Å². The van der Waals surface area contributed by atoms with Crippen LogP contribution in [-0.4, -0.2) is 24.1 Å². The molecule has 2 N–H and O–H groups in total. The van der Waals surface area contributed by atoms with Gasteiger partial charge in [-0.25, -0.2) is 4.79 Å². The summed E-state index contributed by atoms with van der Waals surface area (Å²) in [7, 11) is 0. The van der Waals surface area contributed by atoms with E-state index in [4.69, 9.17) is 4.74 Å². The standard InChI is InChI=1S/C15H24N2O3S/c1-11-7-8-12(21-11)10-17-13(18)6-5-9-16-14(19)20-15(2,3)4/h7-8H,5-6,9-10H2,1-4H3,(H,16,19)(H,17,18). The summed E-state index contributed by atoms with van der Waals surface area (Å²) in [5, 5.41) is 5.50. The van der Waals surface area contributed by atoms with Crippen LogP contribution >= 0.6 is 11.3 Å². The molecule has 5 nitrogen and oxygen atoms in total. The highest BCUT2D eigenvalue weighted by molar-refractivity contribution is 7.11. The van der Waals surface area contributed by atoms with Gasteiger partial charge >= 0.3 is 6.09 Å². The number of hydrogen-bond donors (Lipinski definition) is 2. The lowest BCUT2D eigenvalue weighted by Crippen LogP contribution is -2.33. The van der Waals surface area contributed by atoms with Gasteiger partial charge in [0.1, 0.15) is 5.60 Å². The minimum atomic E-state index is -0.500. The van der Waals surface area contributed by atoms with Gasteiger partial charge in [0.05, 0.1) is 6.54 Å². The van der Waals surface area contributed by atoms with Crippen molar-refractivity contribution >= 4 is 23.3 Å². The summed E-state index contributed by atoms with van der Waals surface area (Å²) >= 11 is 1.68. The maximum Gasteiger partial charge on any atom is 0.407 e. The van der Waals surface area contributed by atoms with Gasteiger partial charge in [-0.1, -0.05) is 0 Å². The van der Waals surface area contributed by atoms with Crippen molar-refractivity contribution in [2.45, 2.75) is 52.7 Å². The molecule has 0 aromatic carbocycles. The van der Waals surface area contributed by atoms with Crippen LogP contribution in [0.3, 0.4) is 0 Å². The lowest BCUT2D eigenvalue weighted by Gasteiger charge is -2.19. The normalized spacial score (nSPS) is 11.0. The number of ether oxygens (including phenoxy) is 1. The third kappa shape index (κ3) is 8.34. The van der Waals surface area contributed by atoms with E-state index in [2.05, 4.69) is 10.6 Å². The van der Waals surface area contributed by atoms with E-state index >= 15 is 0 Å². The number of hydrogen-bond acceptors (Lipinski definition) is 4. The van der Waals surface area contributed by atoms with Gasteiger partial charge in [0.25, 0.3) is 0 Å². The zero-order valence-corrected chi connectivity index (χ0v) is 13.9. The molecule has 0 saturated heterocycles. The Morgan fingerprint density at radius 2 is 1.95 bits per heavy atom. The minimum absolute atomic E-state index is 0.00737. The topological polar surface area (TPSA) is 67.4 Å². The van der Waals surface area contributed by atoms with Crippen LogP contribution in [0.5, 0.6) is 0 Å². The Labute approximate surface area is 130 Å². The van der Waals surface area contributed by atoms with E-state index in [1.54, 1.807) is 11.3 Å². The van der Waals surface area contributed by atoms with E-state index in [0.29, 0.717) is 25.9 Å². The quantitative estimate of drug-likeness (QED) is 0.794. The largest absolute Gasteiger partial charge is 0.444 e. The average Bonchev–Trinajstić information content (AvgIpc) is 2.76. The molecular formula is C15H24N2O3S. The maximum atomic E-state index is 11.6. The number of carbonyl (C=O) groups is 2. The van der Waals surface area contributed by atoms with Gasteiger partial charge in [-0.3, -0.25) is 4.79 Å². The molecule has 1 rings (SSSR count). The predicted octanol–water partition coefficient (Wildman–Crippen LogP) is 2.98. The highest BCUT2D eigenvalue weighted by atomic mass is 32.1. The van der Waals surface area contributed by atoms with Crippen LogP contribution in [0.2, 0.25) is 0 Å². The number of amides is 2. The molecule has 0 atom stereocenters. The minimum Gasteiger partial charge on any atom is -0.444 e. The predicted molar refractivity (Wildman–Crippen MR) is 84.4 cm³/mol. The SMILES string of the molecule is Cc1ccc(CNC(=O)CCCNC(=O)OC(C)(C)C)s1. The van der Waals surface area contributed by atoms with Crippen molar-refractivity contribution in [3.63, 3.8) is 0 Å². The van der Waals surface area contributed by atoms with Crippen molar-refractivity contribution in [2.24, 2.45) is 0 Å². The molecule has 0 aliphatic carbocycles. The second-order valence-corrected chi connectivity index (χ2v) is 7.19. The van der Waals surface area contributed by atoms with E-state index < -0.39 is 11.7 Å². The molecular weight excluding hydrogens is 288 g/mol. The number of rotatable bonds is 6. The molecule has 2 amide bonds. The summed E-state index contributed by atoms with van der Waals surface area (Å²) in [5.41, 5.74) is -0.500. The van der Waals surface area contributed by atoms with E-state index in [9.17, 15) is 9.59 Å². The van der Waals surface area contributed by atoms with Gasteiger partial charge in [-0.05, 0) is 46.2 Å². The second kappa shape index (κ2) is 8.02. The van der Waals surface area contributed by atoms with Gasteiger partial charge in [-0.2, -0.15) is 0 Å². The Hall–Kier alpha value is -1.56. The first-order valence-electron chi connectivity index (χ1n) is 7.05. The van der Waals surface area contributed by atoms with Crippen molar-refractivity contribution in [1.29, 1.82) is 0 Å². The van der Waals surface area contributed by atoms with E-state index in [1.165, 1.54) is 4.88 Å². The molecule has 0 unspecified atom stereocenters. The summed E-state index contributed by atoms with van der Waals surface area (Å²) in [6.45, 7) is 8.47. The molecule has 0 aliphatic rings. The van der Waals surface area contributed by atoms with Gasteiger partial charge in [0.2, 0.25) is 5.91 Å². The van der Waals surface area contributed by atoms with Crippen LogP contribution < -0.4 is 10.6 Å². The first-order valence-corrected chi connectivity index (χ1v) is 7.87. The summed E-state index contributed by atoms with van der Waals surface area (Å²) < 4.78 is 5.10. The number of nitrogens with one attached hydrogen (secondary N) is 2. The number of thiophene rings is 1. The zero-order valence-electron chi connectivity index (χ0n) is 13.1. The Morgan fingerprint density at radius 1 is 1.24 bits per heavy atom. The fourth-order valence-electron chi connectivity index (χ4n) is 1.61. The molecule has 1 aromatic rings. The van der Waals surface area contributed by atoms with Crippen LogP contribution in [0.4, 0.5) is 4.79 Å². The molecule has 118 valence electrons. The van der Waals surface area contributed by atoms with Crippen LogP contribution in [-0.2, 0) is 16.1 Å². The first kappa shape index (κ1) is 17.5. The number of alkyl carbamates (subject to hydrolysis) is 1. The summed E-state index contributed by atoms with van der Waals surface area (Å²) in [6, 6.07) is 4.06. The zero-order chi connectivity index (χ0) is 15.9. The summed E-state index contributed by atoms with van der Waals surface area (Å²) in [6.07, 6.45) is 0.534.